The number of nitrogens with zero attached hydrogens (tertiary/aromatic N) is 2. The summed E-state index contributed by atoms with van der Waals surface area (Å²) in [4.78, 5) is 25.7. The maximum Gasteiger partial charge on any atom is 0.347 e. The Morgan fingerprint density at radius 3 is 2.87 bits per heavy atom. The highest BCUT2D eigenvalue weighted by Gasteiger charge is 1.98. The fraction of sp³-hybridized carbons (Fsp3) is 0.545. The molecule has 0 saturated carbocycles. The first-order chi connectivity index (χ1) is 7.09. The number of aryl methyl sites for hydroxylation is 2. The number of Topliss-reactive ketones (excluding diaryl/α,β-unsaturated/α-hetero) is 1. The lowest BCUT2D eigenvalue weighted by Gasteiger charge is -2.04. The molecule has 0 unspecified atom stereocenters. The Labute approximate surface area is 89.0 Å². The van der Waals surface area contributed by atoms with Gasteiger partial charge >= 0.3 is 5.69 Å². The van der Waals surface area contributed by atoms with Crippen molar-refractivity contribution in [3.8, 4) is 0 Å². The highest BCUT2D eigenvalue weighted by atomic mass is 16.1. The van der Waals surface area contributed by atoms with E-state index in [-0.39, 0.29) is 11.5 Å². The van der Waals surface area contributed by atoms with Gasteiger partial charge in [-0.05, 0) is 32.3 Å². The average Bonchev–Trinajstić information content (AvgIpc) is 2.17. The summed E-state index contributed by atoms with van der Waals surface area (Å²) in [5, 5.41) is 0. The van der Waals surface area contributed by atoms with Crippen LogP contribution in [0.1, 0.15) is 31.7 Å². The van der Waals surface area contributed by atoms with Crippen molar-refractivity contribution in [2.75, 3.05) is 0 Å². The molecule has 0 fully saturated rings. The molecule has 82 valence electrons. The minimum Gasteiger partial charge on any atom is -0.300 e. The van der Waals surface area contributed by atoms with Crippen molar-refractivity contribution in [1.29, 1.82) is 0 Å². The van der Waals surface area contributed by atoms with Gasteiger partial charge in [-0.3, -0.25) is 4.57 Å². The molecule has 0 aliphatic carbocycles. The summed E-state index contributed by atoms with van der Waals surface area (Å²) in [6, 6.07) is 0. The Morgan fingerprint density at radius 2 is 2.20 bits per heavy atom. The van der Waals surface area contributed by atoms with Crippen LogP contribution in [0.25, 0.3) is 0 Å². The average molecular weight is 208 g/mol. The van der Waals surface area contributed by atoms with Crippen molar-refractivity contribution in [2.45, 2.75) is 39.7 Å². The Morgan fingerprint density at radius 1 is 1.47 bits per heavy atom. The molecule has 0 amide bonds. The maximum absolute atomic E-state index is 11.3. The van der Waals surface area contributed by atoms with Gasteiger partial charge in [-0.15, -0.1) is 0 Å². The molecule has 0 bridgehead atoms. The van der Waals surface area contributed by atoms with E-state index in [4.69, 9.17) is 0 Å². The van der Waals surface area contributed by atoms with Crippen molar-refractivity contribution >= 4 is 5.78 Å². The van der Waals surface area contributed by atoms with Gasteiger partial charge in [0, 0.05) is 25.4 Å². The lowest BCUT2D eigenvalue weighted by atomic mass is 10.2. The zero-order valence-electron chi connectivity index (χ0n) is 9.19. The largest absolute Gasteiger partial charge is 0.347 e. The molecule has 0 N–H and O–H groups in total. The molecule has 0 aliphatic heterocycles. The minimum absolute atomic E-state index is 0.199. The van der Waals surface area contributed by atoms with Crippen molar-refractivity contribution in [3.05, 3.63) is 28.4 Å². The third kappa shape index (κ3) is 4.06. The number of carbonyl (C=O) groups excluding carboxylic acids is 1. The van der Waals surface area contributed by atoms with Gasteiger partial charge in [-0.2, -0.15) is 0 Å². The molecular formula is C11H16N2O2. The molecule has 0 aromatic carbocycles. The molecular weight excluding hydrogens is 192 g/mol. The van der Waals surface area contributed by atoms with Gasteiger partial charge in [0.2, 0.25) is 0 Å². The third-order valence-electron chi connectivity index (χ3n) is 2.16. The molecule has 0 spiro atoms. The number of carbonyl (C=O) groups is 1. The number of rotatable bonds is 5. The normalized spacial score (nSPS) is 10.3. The highest BCUT2D eigenvalue weighted by molar-refractivity contribution is 5.75. The molecule has 15 heavy (non-hydrogen) atoms. The second-order valence-electron chi connectivity index (χ2n) is 3.77. The van der Waals surface area contributed by atoms with Crippen LogP contribution in [0.4, 0.5) is 0 Å². The second-order valence-corrected chi connectivity index (χ2v) is 3.77. The van der Waals surface area contributed by atoms with Gasteiger partial charge in [0.05, 0.1) is 0 Å². The Bertz CT molecular complexity index is 396. The van der Waals surface area contributed by atoms with Crippen molar-refractivity contribution in [2.24, 2.45) is 0 Å². The quantitative estimate of drug-likeness (QED) is 0.685. The van der Waals surface area contributed by atoms with Gasteiger partial charge in [0.15, 0.2) is 0 Å². The molecule has 1 heterocycles. The van der Waals surface area contributed by atoms with E-state index in [1.807, 2.05) is 6.92 Å². The molecule has 1 rings (SSSR count). The molecule has 0 atom stereocenters. The smallest absolute Gasteiger partial charge is 0.300 e. The van der Waals surface area contributed by atoms with Gasteiger partial charge in [-0.25, -0.2) is 9.78 Å². The van der Waals surface area contributed by atoms with Crippen LogP contribution in [0.5, 0.6) is 0 Å². The van der Waals surface area contributed by atoms with Crippen LogP contribution < -0.4 is 5.69 Å². The molecule has 1 aromatic rings. The fourth-order valence-electron chi connectivity index (χ4n) is 1.38. The SMILES string of the molecule is CC(=O)CCCCn1cc(C)cnc1=O. The van der Waals surface area contributed by atoms with Crippen LogP contribution in [0.2, 0.25) is 0 Å². The molecule has 1 aromatic heterocycles. The number of unbranched alkanes of at least 4 members (excludes halogenated alkanes) is 1. The van der Waals surface area contributed by atoms with E-state index in [1.54, 1.807) is 23.9 Å². The predicted octanol–water partition coefficient (Wildman–Crippen LogP) is 1.31. The summed E-state index contributed by atoms with van der Waals surface area (Å²) in [5.41, 5.74) is 0.754. The molecule has 4 heteroatoms. The first-order valence-electron chi connectivity index (χ1n) is 5.12. The van der Waals surface area contributed by atoms with Crippen LogP contribution in [0.3, 0.4) is 0 Å². The van der Waals surface area contributed by atoms with E-state index < -0.39 is 0 Å². The van der Waals surface area contributed by atoms with Gasteiger partial charge in [0.25, 0.3) is 0 Å². The zero-order chi connectivity index (χ0) is 11.3. The van der Waals surface area contributed by atoms with Crippen molar-refractivity contribution < 1.29 is 4.79 Å². The van der Waals surface area contributed by atoms with Crippen molar-refractivity contribution in [3.63, 3.8) is 0 Å². The van der Waals surface area contributed by atoms with Crippen LogP contribution in [-0.2, 0) is 11.3 Å². The van der Waals surface area contributed by atoms with E-state index in [2.05, 4.69) is 4.98 Å². The summed E-state index contributed by atoms with van der Waals surface area (Å²) >= 11 is 0. The molecule has 4 nitrogen and oxygen atoms in total. The van der Waals surface area contributed by atoms with E-state index in [0.29, 0.717) is 13.0 Å². The summed E-state index contributed by atoms with van der Waals surface area (Å²) < 4.78 is 1.59. The third-order valence-corrected chi connectivity index (χ3v) is 2.16. The Balaban J connectivity index is 2.47. The second kappa shape index (κ2) is 5.44. The van der Waals surface area contributed by atoms with E-state index in [1.165, 1.54) is 0 Å². The van der Waals surface area contributed by atoms with Gasteiger partial charge in [0.1, 0.15) is 5.78 Å². The lowest BCUT2D eigenvalue weighted by molar-refractivity contribution is -0.117. The topological polar surface area (TPSA) is 52.0 Å². The summed E-state index contributed by atoms with van der Waals surface area (Å²) in [6.07, 6.45) is 5.62. The Hall–Kier alpha value is -1.45. The van der Waals surface area contributed by atoms with Crippen LogP contribution in [-0.4, -0.2) is 15.3 Å². The van der Waals surface area contributed by atoms with Crippen LogP contribution in [0.15, 0.2) is 17.2 Å². The van der Waals surface area contributed by atoms with Crippen LogP contribution in [0, 0.1) is 6.92 Å². The van der Waals surface area contributed by atoms with Crippen molar-refractivity contribution in [1.82, 2.24) is 9.55 Å². The number of ketones is 1. The standard InChI is InChI=1S/C11H16N2O2/c1-9-7-12-11(15)13(8-9)6-4-3-5-10(2)14/h7-8H,3-6H2,1-2H3. The molecule has 0 aliphatic rings. The fourth-order valence-corrected chi connectivity index (χ4v) is 1.38. The number of hydrogen-bond acceptors (Lipinski definition) is 3. The highest BCUT2D eigenvalue weighted by Crippen LogP contribution is 1.99. The molecule has 0 saturated heterocycles. The lowest BCUT2D eigenvalue weighted by Crippen LogP contribution is -2.22. The zero-order valence-corrected chi connectivity index (χ0v) is 9.19. The maximum atomic E-state index is 11.3. The summed E-state index contributed by atoms with van der Waals surface area (Å²) in [7, 11) is 0. The number of hydrogen-bond donors (Lipinski definition) is 0. The van der Waals surface area contributed by atoms with Crippen LogP contribution >= 0.6 is 0 Å². The summed E-state index contributed by atoms with van der Waals surface area (Å²) in [5.74, 6) is 0.199. The number of aromatic nitrogens is 2. The van der Waals surface area contributed by atoms with E-state index in [0.717, 1.165) is 18.4 Å². The first-order valence-corrected chi connectivity index (χ1v) is 5.12. The first kappa shape index (κ1) is 11.6. The van der Waals surface area contributed by atoms with E-state index in [9.17, 15) is 9.59 Å². The Kier molecular flexibility index (Phi) is 4.21. The minimum atomic E-state index is -0.219. The van der Waals surface area contributed by atoms with E-state index >= 15 is 0 Å². The van der Waals surface area contributed by atoms with Gasteiger partial charge < -0.3 is 4.79 Å². The predicted molar refractivity (Wildman–Crippen MR) is 57.8 cm³/mol. The van der Waals surface area contributed by atoms with Gasteiger partial charge in [-0.1, -0.05) is 0 Å². The monoisotopic (exact) mass is 208 g/mol. The molecule has 0 radical (unpaired) electrons. The summed E-state index contributed by atoms with van der Waals surface area (Å²) in [6.45, 7) is 4.12.